The number of amides is 1. The van der Waals surface area contributed by atoms with E-state index in [-0.39, 0.29) is 57.5 Å². The Kier molecular flexibility index (Phi) is 9.85. The SMILES string of the molecule is CC(=O)O[C@H]1C[C@@]2(C)[C@@H](C[C@@H](O)[C@H]3[C@@]4(C)CC[C@@H](O)[C@@H](C)[C@@H]4CC[C@@]32C)/C1=C(\CCC=C(C)C)C(=O)NS(=O)(=O)c1ccc(C#N)cc1. The molecular formula is C38H52N2O7S. The maximum Gasteiger partial charge on any atom is 0.303 e. The first kappa shape index (κ1) is 36.3. The highest BCUT2D eigenvalue weighted by Crippen LogP contribution is 2.74. The topological polar surface area (TPSA) is 154 Å². The lowest BCUT2D eigenvalue weighted by atomic mass is 9.36. The molecule has 0 heterocycles. The van der Waals surface area contributed by atoms with E-state index in [0.717, 1.165) is 24.8 Å². The van der Waals surface area contributed by atoms with Gasteiger partial charge in [0.25, 0.3) is 15.9 Å². The van der Waals surface area contributed by atoms with Gasteiger partial charge in [-0.25, -0.2) is 13.1 Å². The lowest BCUT2D eigenvalue weighted by Gasteiger charge is -2.69. The van der Waals surface area contributed by atoms with Gasteiger partial charge in [0.2, 0.25) is 0 Å². The zero-order valence-corrected chi connectivity index (χ0v) is 30.2. The van der Waals surface area contributed by atoms with Crippen molar-refractivity contribution < 1.29 is 33.0 Å². The van der Waals surface area contributed by atoms with Gasteiger partial charge in [-0.3, -0.25) is 9.59 Å². The lowest BCUT2D eigenvalue weighted by Crippen LogP contribution is -2.65. The number of carbonyl (C=O) groups excluding carboxylic acids is 2. The molecule has 0 aliphatic heterocycles. The molecule has 10 atom stereocenters. The number of ether oxygens (including phenoxy) is 1. The summed E-state index contributed by atoms with van der Waals surface area (Å²) < 4.78 is 35.2. The van der Waals surface area contributed by atoms with Crippen LogP contribution in [-0.4, -0.2) is 48.8 Å². The first-order chi connectivity index (χ1) is 22.4. The third-order valence-electron chi connectivity index (χ3n) is 13.1. The van der Waals surface area contributed by atoms with Crippen molar-refractivity contribution in [3.05, 3.63) is 52.6 Å². The van der Waals surface area contributed by atoms with Crippen LogP contribution in [0.15, 0.2) is 52.0 Å². The van der Waals surface area contributed by atoms with E-state index in [0.29, 0.717) is 36.8 Å². The number of nitriles is 1. The number of esters is 1. The molecule has 1 aromatic carbocycles. The summed E-state index contributed by atoms with van der Waals surface area (Å²) in [6, 6.07) is 7.32. The summed E-state index contributed by atoms with van der Waals surface area (Å²) in [6.07, 6.45) is 4.97. The van der Waals surface area contributed by atoms with Crippen LogP contribution >= 0.6 is 0 Å². The van der Waals surface area contributed by atoms with Crippen LogP contribution in [0.3, 0.4) is 0 Å². The van der Waals surface area contributed by atoms with Crippen LogP contribution in [0.4, 0.5) is 0 Å². The molecule has 4 fully saturated rings. The van der Waals surface area contributed by atoms with Gasteiger partial charge in [0.05, 0.1) is 28.7 Å². The van der Waals surface area contributed by atoms with Crippen molar-refractivity contribution in [2.75, 3.05) is 0 Å². The predicted molar refractivity (Wildman–Crippen MR) is 181 cm³/mol. The smallest absolute Gasteiger partial charge is 0.303 e. The molecule has 0 radical (unpaired) electrons. The Morgan fingerprint density at radius 1 is 1.04 bits per heavy atom. The summed E-state index contributed by atoms with van der Waals surface area (Å²) >= 11 is 0. The number of sulfonamides is 1. The molecule has 4 aliphatic carbocycles. The molecular weight excluding hydrogens is 628 g/mol. The number of aliphatic hydroxyl groups is 2. The van der Waals surface area contributed by atoms with Crippen LogP contribution in [0.1, 0.15) is 105 Å². The quantitative estimate of drug-likeness (QED) is 0.181. The number of rotatable bonds is 7. The van der Waals surface area contributed by atoms with E-state index in [9.17, 15) is 28.2 Å². The second kappa shape index (κ2) is 13.0. The minimum absolute atomic E-state index is 0.0583. The molecule has 1 aromatic rings. The van der Waals surface area contributed by atoms with E-state index >= 15 is 0 Å². The number of fused-ring (bicyclic) bond motifs is 5. The van der Waals surface area contributed by atoms with Gasteiger partial charge in [-0.05, 0) is 135 Å². The van der Waals surface area contributed by atoms with E-state index in [4.69, 9.17) is 10.00 Å². The largest absolute Gasteiger partial charge is 0.458 e. The fourth-order valence-corrected chi connectivity index (χ4v) is 11.7. The normalized spacial score (nSPS) is 38.4. The van der Waals surface area contributed by atoms with Gasteiger partial charge < -0.3 is 14.9 Å². The van der Waals surface area contributed by atoms with Crippen LogP contribution in [0.25, 0.3) is 0 Å². The third kappa shape index (κ3) is 6.05. The Morgan fingerprint density at radius 3 is 2.31 bits per heavy atom. The zero-order valence-electron chi connectivity index (χ0n) is 29.4. The molecule has 5 rings (SSSR count). The molecule has 262 valence electrons. The fourth-order valence-electron chi connectivity index (χ4n) is 10.8. The van der Waals surface area contributed by atoms with Gasteiger partial charge in [0.1, 0.15) is 6.10 Å². The van der Waals surface area contributed by atoms with Crippen molar-refractivity contribution in [1.29, 1.82) is 5.26 Å². The van der Waals surface area contributed by atoms with Crippen molar-refractivity contribution >= 4 is 21.9 Å². The summed E-state index contributed by atoms with van der Waals surface area (Å²) in [5.41, 5.74) is 1.20. The first-order valence-corrected chi connectivity index (χ1v) is 18.8. The number of nitrogens with zero attached hydrogens (tertiary/aromatic N) is 1. The van der Waals surface area contributed by atoms with Crippen LogP contribution < -0.4 is 4.72 Å². The Morgan fingerprint density at radius 2 is 1.71 bits per heavy atom. The molecule has 0 unspecified atom stereocenters. The van der Waals surface area contributed by atoms with Gasteiger partial charge >= 0.3 is 5.97 Å². The van der Waals surface area contributed by atoms with E-state index in [1.54, 1.807) is 0 Å². The summed E-state index contributed by atoms with van der Waals surface area (Å²) in [5, 5.41) is 32.1. The third-order valence-corrected chi connectivity index (χ3v) is 14.5. The predicted octanol–water partition coefficient (Wildman–Crippen LogP) is 5.96. The van der Waals surface area contributed by atoms with Crippen LogP contribution in [-0.2, 0) is 24.3 Å². The van der Waals surface area contributed by atoms with Crippen molar-refractivity contribution in [1.82, 2.24) is 4.72 Å². The van der Waals surface area contributed by atoms with Gasteiger partial charge in [0.15, 0.2) is 0 Å². The Bertz CT molecular complexity index is 1660. The Labute approximate surface area is 285 Å². The van der Waals surface area contributed by atoms with E-state index in [1.807, 2.05) is 26.0 Å². The van der Waals surface area contributed by atoms with Crippen LogP contribution in [0.2, 0.25) is 0 Å². The van der Waals surface area contributed by atoms with Gasteiger partial charge in [-0.15, -0.1) is 0 Å². The molecule has 0 saturated heterocycles. The van der Waals surface area contributed by atoms with Gasteiger partial charge in [-0.1, -0.05) is 39.3 Å². The molecule has 4 aliphatic rings. The van der Waals surface area contributed by atoms with Crippen molar-refractivity contribution in [2.24, 2.45) is 39.9 Å². The molecule has 0 spiro atoms. The fraction of sp³-hybridized carbons (Fsp3) is 0.658. The molecule has 4 saturated carbocycles. The number of benzene rings is 1. The highest BCUT2D eigenvalue weighted by molar-refractivity contribution is 7.90. The number of nitrogens with one attached hydrogen (secondary N) is 1. The zero-order chi connectivity index (χ0) is 35.4. The summed E-state index contributed by atoms with van der Waals surface area (Å²) in [4.78, 5) is 26.7. The summed E-state index contributed by atoms with van der Waals surface area (Å²) in [7, 11) is -4.29. The summed E-state index contributed by atoms with van der Waals surface area (Å²) in [6.45, 7) is 14.1. The number of aliphatic hydroxyl groups excluding tert-OH is 2. The molecule has 48 heavy (non-hydrogen) atoms. The number of carbonyl (C=O) groups is 2. The lowest BCUT2D eigenvalue weighted by molar-refractivity contribution is -0.234. The maximum absolute atomic E-state index is 14.2. The Balaban J connectivity index is 1.62. The van der Waals surface area contributed by atoms with Crippen molar-refractivity contribution in [3.63, 3.8) is 0 Å². The van der Waals surface area contributed by atoms with Crippen LogP contribution in [0, 0.1) is 51.2 Å². The Hall–Kier alpha value is -3.00. The average molecular weight is 681 g/mol. The first-order valence-electron chi connectivity index (χ1n) is 17.4. The molecule has 1 amide bonds. The number of allylic oxidation sites excluding steroid dienone is 2. The molecule has 9 nitrogen and oxygen atoms in total. The van der Waals surface area contributed by atoms with Crippen molar-refractivity contribution in [2.45, 2.75) is 123 Å². The van der Waals surface area contributed by atoms with E-state index in [1.165, 1.54) is 31.2 Å². The maximum atomic E-state index is 14.2. The van der Waals surface area contributed by atoms with Gasteiger partial charge in [-0.2, -0.15) is 5.26 Å². The number of hydrogen-bond acceptors (Lipinski definition) is 8. The molecule has 10 heteroatoms. The van der Waals surface area contributed by atoms with E-state index < -0.39 is 39.5 Å². The highest BCUT2D eigenvalue weighted by Gasteiger charge is 2.70. The van der Waals surface area contributed by atoms with Crippen LogP contribution in [0.5, 0.6) is 0 Å². The second-order valence-corrected chi connectivity index (χ2v) is 17.6. The van der Waals surface area contributed by atoms with E-state index in [2.05, 4.69) is 32.4 Å². The monoisotopic (exact) mass is 680 g/mol. The highest BCUT2D eigenvalue weighted by atomic mass is 32.2. The minimum Gasteiger partial charge on any atom is -0.458 e. The average Bonchev–Trinajstić information content (AvgIpc) is 3.28. The molecule has 0 aromatic heterocycles. The standard InChI is InChI=1S/C38H52N2O7S/c1-22(2)9-8-10-27(35(44)40-48(45,46)26-13-11-25(21-39)12-14-26)33-29-19-31(43)34-36(5)17-16-30(42)23(3)28(36)15-18-37(34,6)38(29,7)20-32(33)47-24(4)41/h9,11-14,23,28-32,34,42-43H,8,10,15-20H2,1-7H3,(H,40,44)/b33-27-/t23-,28-,29-,30+,31+,32-,34-,36-,37-,38-/m0/s1. The number of hydrogen-bond donors (Lipinski definition) is 3. The molecule has 3 N–H and O–H groups in total. The van der Waals surface area contributed by atoms with Crippen molar-refractivity contribution in [3.8, 4) is 6.07 Å². The second-order valence-electron chi connectivity index (χ2n) is 15.9. The van der Waals surface area contributed by atoms with Gasteiger partial charge in [0, 0.05) is 12.5 Å². The molecule has 0 bridgehead atoms. The summed E-state index contributed by atoms with van der Waals surface area (Å²) in [5.74, 6) is -1.24. The minimum atomic E-state index is -4.29.